The number of hydrogen-bond acceptors (Lipinski definition) is 5. The number of aromatic nitrogens is 3. The van der Waals surface area contributed by atoms with Crippen LogP contribution in [-0.4, -0.2) is 32.8 Å². The lowest BCUT2D eigenvalue weighted by atomic mass is 10.1. The van der Waals surface area contributed by atoms with E-state index in [1.807, 2.05) is 49.8 Å². The van der Waals surface area contributed by atoms with Gasteiger partial charge in [-0.2, -0.15) is 5.10 Å². The Labute approximate surface area is 178 Å². The van der Waals surface area contributed by atoms with E-state index < -0.39 is 0 Å². The molecule has 0 N–H and O–H groups in total. The number of carbonyl (C=O) groups is 1. The molecule has 0 unspecified atom stereocenters. The Morgan fingerprint density at radius 3 is 2.59 bits per heavy atom. The zero-order valence-electron chi connectivity index (χ0n) is 17.3. The van der Waals surface area contributed by atoms with Gasteiger partial charge in [-0.3, -0.25) is 9.48 Å². The first-order chi connectivity index (χ1) is 13.8. The monoisotopic (exact) mass is 460 g/mol. The second kappa shape index (κ2) is 8.82. The Kier molecular flexibility index (Phi) is 6.42. The van der Waals surface area contributed by atoms with Gasteiger partial charge in [0.2, 0.25) is 0 Å². The fourth-order valence-corrected chi connectivity index (χ4v) is 3.52. The molecule has 0 aliphatic heterocycles. The molecule has 0 aliphatic rings. The highest BCUT2D eigenvalue weighted by molar-refractivity contribution is 9.10. The molecule has 0 aliphatic carbocycles. The van der Waals surface area contributed by atoms with E-state index in [1.54, 1.807) is 18.9 Å². The van der Waals surface area contributed by atoms with Gasteiger partial charge in [-0.05, 0) is 54.8 Å². The van der Waals surface area contributed by atoms with Crippen LogP contribution in [0.5, 0.6) is 5.75 Å². The minimum Gasteiger partial charge on any atom is -0.488 e. The normalized spacial score (nSPS) is 11.0. The van der Waals surface area contributed by atoms with E-state index in [-0.39, 0.29) is 18.2 Å². The molecule has 8 heteroatoms. The number of halogens is 1. The van der Waals surface area contributed by atoms with Gasteiger partial charge in [0, 0.05) is 19.8 Å². The number of aryl methyl sites for hydroxylation is 4. The minimum absolute atomic E-state index is 0.212. The molecule has 154 valence electrons. The molecular weight excluding hydrogens is 436 g/mol. The molecular formula is C21H25BrN4O3. The third-order valence-corrected chi connectivity index (χ3v) is 5.46. The second-order valence-electron chi connectivity index (χ2n) is 7.02. The molecule has 0 saturated heterocycles. The topological polar surface area (TPSA) is 73.4 Å². The molecule has 0 fully saturated rings. The summed E-state index contributed by atoms with van der Waals surface area (Å²) in [5.41, 5.74) is 3.79. The number of ether oxygens (including phenoxy) is 1. The van der Waals surface area contributed by atoms with Crippen molar-refractivity contribution in [3.63, 3.8) is 0 Å². The summed E-state index contributed by atoms with van der Waals surface area (Å²) in [6.07, 6.45) is 1.90. The van der Waals surface area contributed by atoms with Crippen LogP contribution in [0.3, 0.4) is 0 Å². The van der Waals surface area contributed by atoms with Crippen molar-refractivity contribution in [1.29, 1.82) is 0 Å². The largest absolute Gasteiger partial charge is 0.488 e. The first-order valence-corrected chi connectivity index (χ1v) is 10.2. The first-order valence-electron chi connectivity index (χ1n) is 9.43. The second-order valence-corrected chi connectivity index (χ2v) is 7.87. The molecule has 0 bridgehead atoms. The number of hydrogen-bond donors (Lipinski definition) is 0. The molecule has 2 heterocycles. The standard InChI is InChI=1S/C21H25BrN4O3/c1-6-26-10-17(22)18(23-26)11-25(5)21(27)19-16(15(4)29-24-19)12-28-20-13(2)8-7-9-14(20)3/h7-10H,6,11-12H2,1-5H3. The van der Waals surface area contributed by atoms with Crippen LogP contribution in [0.25, 0.3) is 0 Å². The predicted molar refractivity (Wildman–Crippen MR) is 113 cm³/mol. The van der Waals surface area contributed by atoms with Crippen molar-refractivity contribution in [3.8, 4) is 5.75 Å². The van der Waals surface area contributed by atoms with Crippen LogP contribution < -0.4 is 4.74 Å². The summed E-state index contributed by atoms with van der Waals surface area (Å²) in [7, 11) is 1.72. The van der Waals surface area contributed by atoms with Crippen LogP contribution in [0.15, 0.2) is 33.4 Å². The molecule has 0 radical (unpaired) electrons. The van der Waals surface area contributed by atoms with Crippen LogP contribution in [0.4, 0.5) is 0 Å². The van der Waals surface area contributed by atoms with Gasteiger partial charge in [-0.1, -0.05) is 23.4 Å². The lowest BCUT2D eigenvalue weighted by molar-refractivity contribution is 0.0770. The fourth-order valence-electron chi connectivity index (χ4n) is 3.08. The Bertz CT molecular complexity index is 1000. The van der Waals surface area contributed by atoms with Crippen molar-refractivity contribution < 1.29 is 14.1 Å². The summed E-state index contributed by atoms with van der Waals surface area (Å²) < 4.78 is 14.0. The van der Waals surface area contributed by atoms with Crippen LogP contribution >= 0.6 is 15.9 Å². The van der Waals surface area contributed by atoms with E-state index in [1.165, 1.54) is 0 Å². The van der Waals surface area contributed by atoms with Crippen molar-refractivity contribution >= 4 is 21.8 Å². The number of para-hydroxylation sites is 1. The number of amides is 1. The molecule has 7 nitrogen and oxygen atoms in total. The first kappa shape index (κ1) is 21.1. The molecule has 3 rings (SSSR count). The van der Waals surface area contributed by atoms with Crippen LogP contribution in [0, 0.1) is 20.8 Å². The van der Waals surface area contributed by atoms with Gasteiger partial charge in [0.25, 0.3) is 5.91 Å². The lowest BCUT2D eigenvalue weighted by Crippen LogP contribution is -2.28. The molecule has 2 aromatic heterocycles. The molecule has 29 heavy (non-hydrogen) atoms. The summed E-state index contributed by atoms with van der Waals surface area (Å²) in [5.74, 6) is 1.15. The molecule has 1 aromatic carbocycles. The third-order valence-electron chi connectivity index (χ3n) is 4.80. The highest BCUT2D eigenvalue weighted by atomic mass is 79.9. The van der Waals surface area contributed by atoms with Crippen LogP contribution in [0.2, 0.25) is 0 Å². The van der Waals surface area contributed by atoms with Gasteiger partial charge in [0.05, 0.1) is 22.3 Å². The maximum absolute atomic E-state index is 13.0. The average molecular weight is 461 g/mol. The van der Waals surface area contributed by atoms with Crippen molar-refractivity contribution in [2.75, 3.05) is 7.05 Å². The summed E-state index contributed by atoms with van der Waals surface area (Å²) in [5, 5.41) is 8.47. The van der Waals surface area contributed by atoms with Crippen LogP contribution in [0.1, 0.15) is 45.6 Å². The number of rotatable bonds is 7. The maximum atomic E-state index is 13.0. The smallest absolute Gasteiger partial charge is 0.276 e. The maximum Gasteiger partial charge on any atom is 0.276 e. The number of carbonyl (C=O) groups excluding carboxylic acids is 1. The summed E-state index contributed by atoms with van der Waals surface area (Å²) in [4.78, 5) is 14.6. The van der Waals surface area contributed by atoms with Gasteiger partial charge in [-0.25, -0.2) is 0 Å². The van der Waals surface area contributed by atoms with Crippen molar-refractivity contribution in [1.82, 2.24) is 19.8 Å². The van der Waals surface area contributed by atoms with Crippen molar-refractivity contribution in [2.24, 2.45) is 0 Å². The molecule has 0 saturated carbocycles. The van der Waals surface area contributed by atoms with Crippen molar-refractivity contribution in [2.45, 2.75) is 47.4 Å². The van der Waals surface area contributed by atoms with E-state index in [0.29, 0.717) is 17.9 Å². The van der Waals surface area contributed by atoms with E-state index in [2.05, 4.69) is 26.2 Å². The highest BCUT2D eigenvalue weighted by Gasteiger charge is 2.24. The number of nitrogens with zero attached hydrogens (tertiary/aromatic N) is 4. The van der Waals surface area contributed by atoms with Crippen LogP contribution in [-0.2, 0) is 19.7 Å². The molecule has 3 aromatic rings. The highest BCUT2D eigenvalue weighted by Crippen LogP contribution is 2.25. The molecule has 1 amide bonds. The van der Waals surface area contributed by atoms with Gasteiger partial charge < -0.3 is 14.2 Å². The summed E-state index contributed by atoms with van der Waals surface area (Å²) in [6, 6.07) is 5.98. The quantitative estimate of drug-likeness (QED) is 0.521. The van der Waals surface area contributed by atoms with E-state index in [0.717, 1.165) is 33.6 Å². The van der Waals surface area contributed by atoms with Gasteiger partial charge in [-0.15, -0.1) is 0 Å². The van der Waals surface area contributed by atoms with Gasteiger partial charge in [0.15, 0.2) is 5.69 Å². The van der Waals surface area contributed by atoms with Gasteiger partial charge in [0.1, 0.15) is 18.1 Å². The number of benzene rings is 1. The van der Waals surface area contributed by atoms with Gasteiger partial charge >= 0.3 is 0 Å². The SMILES string of the molecule is CCn1cc(Br)c(CN(C)C(=O)c2noc(C)c2COc2c(C)cccc2C)n1. The predicted octanol–water partition coefficient (Wildman–Crippen LogP) is 4.43. The molecule has 0 spiro atoms. The Hall–Kier alpha value is -2.61. The zero-order valence-corrected chi connectivity index (χ0v) is 18.9. The van der Waals surface area contributed by atoms with E-state index >= 15 is 0 Å². The Balaban J connectivity index is 1.77. The third kappa shape index (κ3) is 4.53. The Morgan fingerprint density at radius 1 is 1.28 bits per heavy atom. The van der Waals surface area contributed by atoms with Crippen molar-refractivity contribution in [3.05, 3.63) is 62.7 Å². The fraction of sp³-hybridized carbons (Fsp3) is 0.381. The summed E-state index contributed by atoms with van der Waals surface area (Å²) in [6.45, 7) is 9.12. The molecule has 0 atom stereocenters. The zero-order chi connectivity index (χ0) is 21.1. The summed E-state index contributed by atoms with van der Waals surface area (Å²) >= 11 is 3.50. The van der Waals surface area contributed by atoms with E-state index in [9.17, 15) is 4.79 Å². The Morgan fingerprint density at radius 2 is 1.97 bits per heavy atom. The average Bonchev–Trinajstić information content (AvgIpc) is 3.23. The van der Waals surface area contributed by atoms with E-state index in [4.69, 9.17) is 9.26 Å². The lowest BCUT2D eigenvalue weighted by Gasteiger charge is -2.16. The minimum atomic E-state index is -0.236.